The summed E-state index contributed by atoms with van der Waals surface area (Å²) in [6.45, 7) is 0. The Morgan fingerprint density at radius 2 is 1.61 bits per heavy atom. The predicted molar refractivity (Wildman–Crippen MR) is 125 cm³/mol. The van der Waals surface area contributed by atoms with Crippen molar-refractivity contribution in [3.63, 3.8) is 0 Å². The van der Waals surface area contributed by atoms with Crippen LogP contribution in [0, 0.1) is 5.82 Å². The Hall–Kier alpha value is -3.05. The van der Waals surface area contributed by atoms with E-state index < -0.39 is 45.9 Å². The molecule has 0 fully saturated rings. The summed E-state index contributed by atoms with van der Waals surface area (Å²) in [6.07, 6.45) is -5.55. The van der Waals surface area contributed by atoms with Crippen molar-refractivity contribution in [2.75, 3.05) is 11.3 Å². The van der Waals surface area contributed by atoms with Gasteiger partial charge in [0.05, 0.1) is 21.6 Å². The number of halogens is 7. The number of rotatable bonds is 5. The van der Waals surface area contributed by atoms with Crippen molar-refractivity contribution < 1.29 is 34.8 Å². The van der Waals surface area contributed by atoms with Gasteiger partial charge in [-0.2, -0.15) is 27.1 Å². The Bertz CT molecular complexity index is 1440. The van der Waals surface area contributed by atoms with Gasteiger partial charge in [-0.25, -0.2) is 12.8 Å². The molecule has 190 valence electrons. The maximum atomic E-state index is 14.2. The van der Waals surface area contributed by atoms with E-state index in [1.807, 2.05) is 0 Å². The Kier molecular flexibility index (Phi) is 6.59. The van der Waals surface area contributed by atoms with Crippen LogP contribution < -0.4 is 5.01 Å². The summed E-state index contributed by atoms with van der Waals surface area (Å²) in [6, 6.07) is 14.3. The largest absolute Gasteiger partial charge is 0.459 e. The third-order valence-corrected chi connectivity index (χ3v) is 7.09. The van der Waals surface area contributed by atoms with Crippen molar-refractivity contribution in [2.45, 2.75) is 29.5 Å². The molecule has 3 aromatic carbocycles. The predicted octanol–water partition coefficient (Wildman–Crippen LogP) is 7.05. The van der Waals surface area contributed by atoms with Crippen LogP contribution in [0.25, 0.3) is 11.1 Å². The highest BCUT2D eigenvalue weighted by Crippen LogP contribution is 2.46. The zero-order valence-corrected chi connectivity index (χ0v) is 20.0. The first-order chi connectivity index (χ1) is 16.7. The number of hydrogen-bond acceptors (Lipinski definition) is 4. The summed E-state index contributed by atoms with van der Waals surface area (Å²) in [5.41, 5.74) is 0.0617. The SMILES string of the molecule is CS(=O)(=O)c1cccc(-c2ccc(C3CC(C(F)(F)C(F)(F)F)=NN3c3ccc(F)cc3Cl)cc2)c1. The summed E-state index contributed by atoms with van der Waals surface area (Å²) in [4.78, 5) is 0.101. The van der Waals surface area contributed by atoms with Gasteiger partial charge in [0.1, 0.15) is 11.5 Å². The van der Waals surface area contributed by atoms with Crippen LogP contribution in [-0.4, -0.2) is 32.5 Å². The second kappa shape index (κ2) is 9.11. The van der Waals surface area contributed by atoms with Crippen LogP contribution >= 0.6 is 11.6 Å². The molecule has 1 aliphatic rings. The highest BCUT2D eigenvalue weighted by Gasteiger charge is 2.62. The summed E-state index contributed by atoms with van der Waals surface area (Å²) >= 11 is 6.06. The fraction of sp³-hybridized carbons (Fsp3) is 0.208. The van der Waals surface area contributed by atoms with Gasteiger partial charge in [-0.05, 0) is 47.0 Å². The lowest BCUT2D eigenvalue weighted by Crippen LogP contribution is -2.43. The molecule has 0 radical (unpaired) electrons. The molecule has 0 aliphatic carbocycles. The average Bonchev–Trinajstić information content (AvgIpc) is 3.24. The summed E-state index contributed by atoms with van der Waals surface area (Å²) in [5.74, 6) is -5.90. The van der Waals surface area contributed by atoms with Crippen molar-refractivity contribution in [3.05, 3.63) is 83.1 Å². The number of sulfone groups is 1. The van der Waals surface area contributed by atoms with E-state index in [2.05, 4.69) is 5.10 Å². The van der Waals surface area contributed by atoms with Crippen molar-refractivity contribution >= 4 is 32.8 Å². The Morgan fingerprint density at radius 3 is 2.19 bits per heavy atom. The Morgan fingerprint density at radius 1 is 0.944 bits per heavy atom. The summed E-state index contributed by atoms with van der Waals surface area (Å²) in [5, 5.41) is 4.28. The van der Waals surface area contributed by atoms with Gasteiger partial charge in [-0.1, -0.05) is 48.0 Å². The highest BCUT2D eigenvalue weighted by atomic mass is 35.5. The number of benzene rings is 3. The number of nitrogens with zero attached hydrogens (tertiary/aromatic N) is 2. The number of anilines is 1. The van der Waals surface area contributed by atoms with Gasteiger partial charge in [0.2, 0.25) is 0 Å². The van der Waals surface area contributed by atoms with Crippen molar-refractivity contribution in [1.29, 1.82) is 0 Å². The van der Waals surface area contributed by atoms with Crippen LogP contribution in [-0.2, 0) is 9.84 Å². The van der Waals surface area contributed by atoms with Gasteiger partial charge >= 0.3 is 12.1 Å². The number of hydrogen-bond donors (Lipinski definition) is 0. The van der Waals surface area contributed by atoms with E-state index >= 15 is 0 Å². The van der Waals surface area contributed by atoms with Crippen molar-refractivity contribution in [3.8, 4) is 11.1 Å². The fourth-order valence-corrected chi connectivity index (χ4v) is 4.74. The zero-order chi connectivity index (χ0) is 26.5. The molecule has 0 amide bonds. The molecule has 1 unspecified atom stereocenters. The minimum atomic E-state index is -5.85. The first-order valence-electron chi connectivity index (χ1n) is 10.4. The van der Waals surface area contributed by atoms with Gasteiger partial charge in [0.25, 0.3) is 0 Å². The molecule has 1 atom stereocenters. The molecule has 0 saturated heterocycles. The van der Waals surface area contributed by atoms with E-state index in [1.54, 1.807) is 24.3 Å². The third-order valence-electron chi connectivity index (χ3n) is 5.68. The van der Waals surface area contributed by atoms with Crippen molar-refractivity contribution in [1.82, 2.24) is 0 Å². The molecule has 1 aliphatic heterocycles. The van der Waals surface area contributed by atoms with Crippen LogP contribution in [0.1, 0.15) is 18.0 Å². The van der Waals surface area contributed by atoms with Crippen molar-refractivity contribution in [2.24, 2.45) is 5.10 Å². The van der Waals surface area contributed by atoms with Gasteiger partial charge in [0, 0.05) is 12.7 Å². The lowest BCUT2D eigenvalue weighted by Gasteiger charge is -2.25. The molecule has 1 heterocycles. The number of alkyl halides is 5. The average molecular weight is 547 g/mol. The molecule has 4 rings (SSSR count). The molecule has 36 heavy (non-hydrogen) atoms. The quantitative estimate of drug-likeness (QED) is 0.322. The van der Waals surface area contributed by atoms with E-state index in [0.29, 0.717) is 16.7 Å². The first kappa shape index (κ1) is 26.0. The standard InChI is InChI=1S/C24H17ClF6N2O2S/c1-36(34,35)18-4-2-3-16(11-18)14-5-7-15(8-6-14)21-13-22(23(27,28)24(29,30)31)32-33(21)20-10-9-17(26)12-19(20)25/h2-12,21H,13H2,1H3. The lowest BCUT2D eigenvalue weighted by atomic mass is 9.96. The second-order valence-corrected chi connectivity index (χ2v) is 10.6. The molecule has 3 aromatic rings. The molecule has 0 spiro atoms. The summed E-state index contributed by atoms with van der Waals surface area (Å²) in [7, 11) is -3.46. The monoisotopic (exact) mass is 546 g/mol. The highest BCUT2D eigenvalue weighted by molar-refractivity contribution is 7.90. The van der Waals surface area contributed by atoms with E-state index in [9.17, 15) is 34.8 Å². The topological polar surface area (TPSA) is 49.7 Å². The van der Waals surface area contributed by atoms with E-state index in [4.69, 9.17) is 11.6 Å². The van der Waals surface area contributed by atoms with Gasteiger partial charge in [0.15, 0.2) is 9.84 Å². The van der Waals surface area contributed by atoms with Crippen LogP contribution in [0.3, 0.4) is 0 Å². The van der Waals surface area contributed by atoms with Gasteiger partial charge in [-0.15, -0.1) is 0 Å². The smallest absolute Gasteiger partial charge is 0.256 e. The fourth-order valence-electron chi connectivity index (χ4n) is 3.82. The second-order valence-electron chi connectivity index (χ2n) is 8.20. The normalized spacial score (nSPS) is 16.8. The third kappa shape index (κ3) is 4.94. The van der Waals surface area contributed by atoms with Crippen LogP contribution in [0.5, 0.6) is 0 Å². The minimum Gasteiger partial charge on any atom is -0.256 e. The molecule has 12 heteroatoms. The molecule has 0 saturated carbocycles. The van der Waals surface area contributed by atoms with Gasteiger partial charge < -0.3 is 0 Å². The molecule has 0 N–H and O–H groups in total. The van der Waals surface area contributed by atoms with Crippen LogP contribution in [0.2, 0.25) is 5.02 Å². The zero-order valence-electron chi connectivity index (χ0n) is 18.4. The minimum absolute atomic E-state index is 0.0408. The first-order valence-corrected chi connectivity index (χ1v) is 12.6. The van der Waals surface area contributed by atoms with Crippen LogP contribution in [0.4, 0.5) is 32.0 Å². The Balaban J connectivity index is 1.73. The summed E-state index contributed by atoms with van der Waals surface area (Å²) < 4.78 is 105. The van der Waals surface area contributed by atoms with Crippen LogP contribution in [0.15, 0.2) is 76.7 Å². The molecule has 0 aromatic heterocycles. The Labute approximate surface area is 207 Å². The number of hydrazone groups is 1. The van der Waals surface area contributed by atoms with E-state index in [0.717, 1.165) is 29.5 Å². The molecular formula is C24H17ClF6N2O2S. The molecule has 0 bridgehead atoms. The molecular weight excluding hydrogens is 530 g/mol. The lowest BCUT2D eigenvalue weighted by molar-refractivity contribution is -0.249. The molecule has 4 nitrogen and oxygen atoms in total. The van der Waals surface area contributed by atoms with Gasteiger partial charge in [-0.3, -0.25) is 5.01 Å². The maximum absolute atomic E-state index is 14.2. The maximum Gasteiger partial charge on any atom is 0.459 e. The van der Waals surface area contributed by atoms with E-state index in [-0.39, 0.29) is 15.6 Å². The van der Waals surface area contributed by atoms with E-state index in [1.165, 1.54) is 24.3 Å².